The minimum Gasteiger partial charge on any atom is -0.379 e. The van der Waals surface area contributed by atoms with E-state index in [4.69, 9.17) is 4.74 Å². The first-order valence-corrected chi connectivity index (χ1v) is 10.6. The van der Waals surface area contributed by atoms with Crippen LogP contribution in [0.4, 0.5) is 8.78 Å². The molecule has 0 unspecified atom stereocenters. The van der Waals surface area contributed by atoms with Crippen LogP contribution in [0.2, 0.25) is 0 Å². The zero-order valence-corrected chi connectivity index (χ0v) is 16.1. The summed E-state index contributed by atoms with van der Waals surface area (Å²) in [6.07, 6.45) is 3.67. The molecule has 0 spiro atoms. The predicted molar refractivity (Wildman–Crippen MR) is 96.5 cm³/mol. The maximum atomic E-state index is 14.1. The molecule has 0 saturated carbocycles. The van der Waals surface area contributed by atoms with Crippen molar-refractivity contribution < 1.29 is 21.9 Å². The number of unbranched alkanes of at least 4 members (excludes halogenated alkanes) is 3. The molecule has 0 N–H and O–H groups in total. The average Bonchev–Trinajstić information content (AvgIpc) is 2.63. The molecule has 2 rings (SSSR count). The standard InChI is InChI=1S/C18H28F2N2O3S/c1-2-3-4-5-8-22(10-9-21-11-13-25-14-12-21)26(23,24)18-15-16(19)6-7-17(18)20/h6-7,15H,2-5,8-14H2,1H3. The highest BCUT2D eigenvalue weighted by molar-refractivity contribution is 7.89. The molecule has 1 aromatic carbocycles. The molecule has 0 atom stereocenters. The Morgan fingerprint density at radius 3 is 2.54 bits per heavy atom. The summed E-state index contributed by atoms with van der Waals surface area (Å²) in [7, 11) is -4.08. The lowest BCUT2D eigenvalue weighted by atomic mass is 10.2. The van der Waals surface area contributed by atoms with Crippen molar-refractivity contribution in [1.82, 2.24) is 9.21 Å². The number of hydrogen-bond acceptors (Lipinski definition) is 4. The molecule has 1 saturated heterocycles. The van der Waals surface area contributed by atoms with Gasteiger partial charge in [0.25, 0.3) is 0 Å². The van der Waals surface area contributed by atoms with Crippen LogP contribution in [0.25, 0.3) is 0 Å². The minimum absolute atomic E-state index is 0.254. The molecule has 8 heteroatoms. The average molecular weight is 390 g/mol. The third kappa shape index (κ3) is 5.97. The number of benzene rings is 1. The second kappa shape index (κ2) is 10.3. The molecular formula is C18H28F2N2O3S. The highest BCUT2D eigenvalue weighted by atomic mass is 32.2. The Balaban J connectivity index is 2.12. The van der Waals surface area contributed by atoms with Crippen LogP contribution in [-0.4, -0.2) is 63.6 Å². The molecule has 0 aromatic heterocycles. The first-order chi connectivity index (χ1) is 12.4. The summed E-state index contributed by atoms with van der Waals surface area (Å²) in [5, 5.41) is 0. The second-order valence-electron chi connectivity index (χ2n) is 6.49. The van der Waals surface area contributed by atoms with E-state index in [0.29, 0.717) is 32.7 Å². The molecule has 0 radical (unpaired) electrons. The highest BCUT2D eigenvalue weighted by Gasteiger charge is 2.28. The molecule has 26 heavy (non-hydrogen) atoms. The van der Waals surface area contributed by atoms with Gasteiger partial charge in [-0.05, 0) is 24.6 Å². The van der Waals surface area contributed by atoms with Crippen LogP contribution in [0, 0.1) is 11.6 Å². The van der Waals surface area contributed by atoms with Gasteiger partial charge >= 0.3 is 0 Å². The summed E-state index contributed by atoms with van der Waals surface area (Å²) in [5.74, 6) is -1.68. The van der Waals surface area contributed by atoms with Crippen LogP contribution >= 0.6 is 0 Å². The van der Waals surface area contributed by atoms with Crippen LogP contribution in [0.1, 0.15) is 32.6 Å². The van der Waals surface area contributed by atoms with Gasteiger partial charge in [0.05, 0.1) is 13.2 Å². The molecule has 1 aromatic rings. The van der Waals surface area contributed by atoms with E-state index in [0.717, 1.165) is 50.6 Å². The van der Waals surface area contributed by atoms with Gasteiger partial charge in [-0.25, -0.2) is 17.2 Å². The molecular weight excluding hydrogens is 362 g/mol. The highest BCUT2D eigenvalue weighted by Crippen LogP contribution is 2.21. The number of ether oxygens (including phenoxy) is 1. The molecule has 5 nitrogen and oxygen atoms in total. The van der Waals surface area contributed by atoms with Crippen molar-refractivity contribution in [2.75, 3.05) is 45.9 Å². The number of nitrogens with zero attached hydrogens (tertiary/aromatic N) is 2. The van der Waals surface area contributed by atoms with Gasteiger partial charge < -0.3 is 4.74 Å². The maximum absolute atomic E-state index is 14.1. The summed E-state index contributed by atoms with van der Waals surface area (Å²) in [5.41, 5.74) is 0. The van der Waals surface area contributed by atoms with Crippen LogP contribution in [0.15, 0.2) is 23.1 Å². The van der Waals surface area contributed by atoms with Crippen LogP contribution < -0.4 is 0 Å². The number of hydrogen-bond donors (Lipinski definition) is 0. The lowest BCUT2D eigenvalue weighted by Crippen LogP contribution is -2.43. The van der Waals surface area contributed by atoms with E-state index >= 15 is 0 Å². The summed E-state index contributed by atoms with van der Waals surface area (Å²) in [6, 6.07) is 2.55. The van der Waals surface area contributed by atoms with Crippen molar-refractivity contribution >= 4 is 10.0 Å². The Morgan fingerprint density at radius 1 is 1.12 bits per heavy atom. The largest absolute Gasteiger partial charge is 0.379 e. The number of halogens is 2. The Bertz CT molecular complexity index is 664. The van der Waals surface area contributed by atoms with Crippen LogP contribution in [0.3, 0.4) is 0 Å². The summed E-state index contributed by atoms with van der Waals surface area (Å²) in [6.45, 7) is 5.94. The topological polar surface area (TPSA) is 49.9 Å². The first-order valence-electron chi connectivity index (χ1n) is 9.20. The van der Waals surface area contributed by atoms with E-state index in [1.165, 1.54) is 4.31 Å². The fraction of sp³-hybridized carbons (Fsp3) is 0.667. The molecule has 0 amide bonds. The second-order valence-corrected chi connectivity index (χ2v) is 8.40. The zero-order chi connectivity index (χ0) is 19.0. The van der Waals surface area contributed by atoms with Gasteiger partial charge in [0, 0.05) is 32.7 Å². The van der Waals surface area contributed by atoms with E-state index in [2.05, 4.69) is 11.8 Å². The number of rotatable bonds is 10. The minimum atomic E-state index is -4.08. The van der Waals surface area contributed by atoms with Crippen molar-refractivity contribution in [3.8, 4) is 0 Å². The van der Waals surface area contributed by atoms with Gasteiger partial charge in [-0.2, -0.15) is 4.31 Å². The summed E-state index contributed by atoms with van der Waals surface area (Å²) in [4.78, 5) is 1.54. The lowest BCUT2D eigenvalue weighted by Gasteiger charge is -2.29. The molecule has 148 valence electrons. The predicted octanol–water partition coefficient (Wildman–Crippen LogP) is 2.87. The molecule has 0 aliphatic carbocycles. The quantitative estimate of drug-likeness (QED) is 0.577. The Kier molecular flexibility index (Phi) is 8.40. The van der Waals surface area contributed by atoms with Crippen molar-refractivity contribution in [2.24, 2.45) is 0 Å². The first kappa shape index (κ1) is 21.2. The Morgan fingerprint density at radius 2 is 1.85 bits per heavy atom. The lowest BCUT2D eigenvalue weighted by molar-refractivity contribution is 0.0362. The van der Waals surface area contributed by atoms with E-state index in [1.54, 1.807) is 0 Å². The van der Waals surface area contributed by atoms with Crippen molar-refractivity contribution in [3.05, 3.63) is 29.8 Å². The Labute approximate surface area is 155 Å². The zero-order valence-electron chi connectivity index (χ0n) is 15.3. The van der Waals surface area contributed by atoms with Gasteiger partial charge in [-0.15, -0.1) is 0 Å². The van der Waals surface area contributed by atoms with E-state index in [1.807, 2.05) is 0 Å². The smallest absolute Gasteiger partial charge is 0.246 e. The van der Waals surface area contributed by atoms with Crippen molar-refractivity contribution in [2.45, 2.75) is 37.5 Å². The molecule has 1 heterocycles. The third-order valence-electron chi connectivity index (χ3n) is 4.54. The summed E-state index contributed by atoms with van der Waals surface area (Å²) >= 11 is 0. The fourth-order valence-electron chi connectivity index (χ4n) is 2.96. The molecule has 1 aliphatic rings. The van der Waals surface area contributed by atoms with E-state index < -0.39 is 26.6 Å². The van der Waals surface area contributed by atoms with Crippen LogP contribution in [-0.2, 0) is 14.8 Å². The monoisotopic (exact) mass is 390 g/mol. The van der Waals surface area contributed by atoms with Gasteiger partial charge in [0.15, 0.2) is 0 Å². The maximum Gasteiger partial charge on any atom is 0.246 e. The van der Waals surface area contributed by atoms with Gasteiger partial charge in [0.1, 0.15) is 16.5 Å². The third-order valence-corrected chi connectivity index (χ3v) is 6.46. The van der Waals surface area contributed by atoms with Gasteiger partial charge in [-0.1, -0.05) is 26.2 Å². The van der Waals surface area contributed by atoms with Crippen molar-refractivity contribution in [3.63, 3.8) is 0 Å². The molecule has 1 aliphatic heterocycles. The molecule has 1 fully saturated rings. The SMILES string of the molecule is CCCCCCN(CCN1CCOCC1)S(=O)(=O)c1cc(F)ccc1F. The Hall–Kier alpha value is -1.09. The molecule has 0 bridgehead atoms. The van der Waals surface area contributed by atoms with E-state index in [9.17, 15) is 17.2 Å². The fourth-order valence-corrected chi connectivity index (χ4v) is 4.50. The van der Waals surface area contributed by atoms with Gasteiger partial charge in [-0.3, -0.25) is 4.90 Å². The van der Waals surface area contributed by atoms with Crippen LogP contribution in [0.5, 0.6) is 0 Å². The van der Waals surface area contributed by atoms with Crippen molar-refractivity contribution in [1.29, 1.82) is 0 Å². The summed E-state index contributed by atoms with van der Waals surface area (Å²) < 4.78 is 60.0. The number of morpholine rings is 1. The number of sulfonamides is 1. The van der Waals surface area contributed by atoms with E-state index in [-0.39, 0.29) is 6.54 Å². The van der Waals surface area contributed by atoms with Gasteiger partial charge in [0.2, 0.25) is 10.0 Å². The normalized spacial score (nSPS) is 16.3.